The molecule has 0 amide bonds. The van der Waals surface area contributed by atoms with Crippen LogP contribution in [0.25, 0.3) is 10.9 Å². The molecule has 30 heavy (non-hydrogen) atoms. The summed E-state index contributed by atoms with van der Waals surface area (Å²) in [5, 5.41) is 14.8. The molecule has 2 N–H and O–H groups in total. The predicted octanol–water partition coefficient (Wildman–Crippen LogP) is 1.28. The SMILES string of the molecule is C[C@@H]1CN(S(=O)(=O)c2cnc(=O)[nH]c2)C[C@@H]1n1nc(CC(=O)O)c2ccc(Cl)cc21. The molecule has 2 aromatic heterocycles. The van der Waals surface area contributed by atoms with Crippen LogP contribution in [0.15, 0.2) is 40.3 Å². The lowest BCUT2D eigenvalue weighted by Crippen LogP contribution is -2.30. The van der Waals surface area contributed by atoms with Gasteiger partial charge in [0.2, 0.25) is 10.0 Å². The van der Waals surface area contributed by atoms with Gasteiger partial charge in [-0.15, -0.1) is 0 Å². The standard InChI is InChI=1S/C18H18ClN5O5S/c1-10-8-23(30(28,29)12-6-20-18(27)21-7-12)9-16(10)24-15-4-11(19)2-3-13(15)14(22-24)5-17(25)26/h2-4,6-7,10,16H,5,8-9H2,1H3,(H,25,26)(H,20,21,27)/t10-,16+/m1/s1. The van der Waals surface area contributed by atoms with E-state index < -0.39 is 21.7 Å². The molecule has 10 nitrogen and oxygen atoms in total. The number of halogens is 1. The molecule has 2 atom stereocenters. The number of rotatable bonds is 5. The molecule has 0 bridgehead atoms. The first kappa shape index (κ1) is 20.5. The number of hydrogen-bond acceptors (Lipinski definition) is 6. The van der Waals surface area contributed by atoms with Crippen molar-refractivity contribution in [1.29, 1.82) is 0 Å². The average Bonchev–Trinajstić information content (AvgIpc) is 3.22. The summed E-state index contributed by atoms with van der Waals surface area (Å²) in [5.74, 6) is -1.11. The average molecular weight is 452 g/mol. The molecule has 0 spiro atoms. The maximum atomic E-state index is 13.0. The molecule has 158 valence electrons. The number of carbonyl (C=O) groups is 1. The lowest BCUT2D eigenvalue weighted by molar-refractivity contribution is -0.136. The third-order valence-corrected chi connectivity index (χ3v) is 7.23. The highest BCUT2D eigenvalue weighted by atomic mass is 35.5. The molecule has 1 fully saturated rings. The molecule has 3 heterocycles. The maximum absolute atomic E-state index is 13.0. The minimum Gasteiger partial charge on any atom is -0.481 e. The van der Waals surface area contributed by atoms with Crippen molar-refractivity contribution in [2.75, 3.05) is 13.1 Å². The van der Waals surface area contributed by atoms with Gasteiger partial charge in [0.15, 0.2) is 0 Å². The molecule has 1 aliphatic rings. The van der Waals surface area contributed by atoms with Crippen LogP contribution < -0.4 is 5.69 Å². The number of nitrogens with zero attached hydrogens (tertiary/aromatic N) is 4. The highest BCUT2D eigenvalue weighted by molar-refractivity contribution is 7.89. The van der Waals surface area contributed by atoms with Crippen molar-refractivity contribution in [2.24, 2.45) is 5.92 Å². The number of carboxylic acid groups (broad SMARTS) is 1. The van der Waals surface area contributed by atoms with Gasteiger partial charge in [0.1, 0.15) is 4.90 Å². The van der Waals surface area contributed by atoms with Gasteiger partial charge >= 0.3 is 11.7 Å². The molecule has 0 saturated carbocycles. The van der Waals surface area contributed by atoms with Crippen molar-refractivity contribution < 1.29 is 18.3 Å². The van der Waals surface area contributed by atoms with Gasteiger partial charge in [0.05, 0.1) is 29.9 Å². The van der Waals surface area contributed by atoms with Crippen molar-refractivity contribution in [3.05, 3.63) is 51.8 Å². The van der Waals surface area contributed by atoms with E-state index in [-0.39, 0.29) is 36.4 Å². The molecular weight excluding hydrogens is 434 g/mol. The summed E-state index contributed by atoms with van der Waals surface area (Å²) in [6.07, 6.45) is 1.90. The molecule has 1 aliphatic heterocycles. The maximum Gasteiger partial charge on any atom is 0.344 e. The number of nitrogens with one attached hydrogen (secondary N) is 1. The molecule has 12 heteroatoms. The van der Waals surface area contributed by atoms with Crippen molar-refractivity contribution in [3.63, 3.8) is 0 Å². The normalized spacial score (nSPS) is 20.1. The zero-order chi connectivity index (χ0) is 21.6. The smallest absolute Gasteiger partial charge is 0.344 e. The second-order valence-corrected chi connectivity index (χ2v) is 9.62. The first-order valence-corrected chi connectivity index (χ1v) is 10.9. The zero-order valence-corrected chi connectivity index (χ0v) is 17.4. The molecule has 0 unspecified atom stereocenters. The fourth-order valence-corrected chi connectivity index (χ4v) is 5.38. The Morgan fingerprint density at radius 1 is 1.37 bits per heavy atom. The van der Waals surface area contributed by atoms with Gasteiger partial charge in [-0.2, -0.15) is 9.40 Å². The van der Waals surface area contributed by atoms with Gasteiger partial charge in [-0.3, -0.25) is 9.48 Å². The molecular formula is C18H18ClN5O5S. The summed E-state index contributed by atoms with van der Waals surface area (Å²) in [4.78, 5) is 28.1. The van der Waals surface area contributed by atoms with Crippen LogP contribution in [0.2, 0.25) is 5.02 Å². The predicted molar refractivity (Wildman–Crippen MR) is 108 cm³/mol. The van der Waals surface area contributed by atoms with Crippen LogP contribution in [0, 0.1) is 5.92 Å². The first-order chi connectivity index (χ1) is 14.2. The topological polar surface area (TPSA) is 138 Å². The van der Waals surface area contributed by atoms with Crippen LogP contribution in [0.5, 0.6) is 0 Å². The summed E-state index contributed by atoms with van der Waals surface area (Å²) in [5.41, 5.74) is 0.417. The lowest BCUT2D eigenvalue weighted by atomic mass is 10.1. The van der Waals surface area contributed by atoms with Gasteiger partial charge in [-0.1, -0.05) is 18.5 Å². The number of hydrogen-bond donors (Lipinski definition) is 2. The van der Waals surface area contributed by atoms with E-state index in [9.17, 15) is 23.1 Å². The Kier molecular flexibility index (Phi) is 5.12. The Morgan fingerprint density at radius 3 is 2.80 bits per heavy atom. The molecule has 3 aromatic rings. The van der Waals surface area contributed by atoms with E-state index in [1.165, 1.54) is 4.31 Å². The molecule has 1 saturated heterocycles. The van der Waals surface area contributed by atoms with Gasteiger partial charge in [-0.05, 0) is 24.1 Å². The van der Waals surface area contributed by atoms with E-state index >= 15 is 0 Å². The first-order valence-electron chi connectivity index (χ1n) is 9.10. The number of sulfonamides is 1. The lowest BCUT2D eigenvalue weighted by Gasteiger charge is -2.17. The fourth-order valence-electron chi connectivity index (χ4n) is 3.74. The van der Waals surface area contributed by atoms with Crippen molar-refractivity contribution >= 4 is 38.5 Å². The Balaban J connectivity index is 1.72. The van der Waals surface area contributed by atoms with E-state index in [1.807, 2.05) is 6.92 Å². The van der Waals surface area contributed by atoms with Gasteiger partial charge in [-0.25, -0.2) is 18.2 Å². The number of aliphatic carboxylic acids is 1. The second kappa shape index (κ2) is 7.49. The van der Waals surface area contributed by atoms with Crippen LogP contribution in [0.1, 0.15) is 18.7 Å². The van der Waals surface area contributed by atoms with E-state index in [4.69, 9.17) is 11.6 Å². The number of benzene rings is 1. The number of aromatic amines is 1. The van der Waals surface area contributed by atoms with E-state index in [2.05, 4.69) is 15.1 Å². The quantitative estimate of drug-likeness (QED) is 0.595. The van der Waals surface area contributed by atoms with Crippen molar-refractivity contribution in [1.82, 2.24) is 24.1 Å². The van der Waals surface area contributed by atoms with Gasteiger partial charge in [0, 0.05) is 29.7 Å². The summed E-state index contributed by atoms with van der Waals surface area (Å²) >= 11 is 6.14. The Labute approximate surface area is 176 Å². The summed E-state index contributed by atoms with van der Waals surface area (Å²) in [6.45, 7) is 2.28. The summed E-state index contributed by atoms with van der Waals surface area (Å²) in [6, 6.07) is 4.77. The Hall–Kier alpha value is -2.76. The third kappa shape index (κ3) is 3.59. The second-order valence-electron chi connectivity index (χ2n) is 7.24. The monoisotopic (exact) mass is 451 g/mol. The van der Waals surface area contributed by atoms with Crippen molar-refractivity contribution in [3.8, 4) is 0 Å². The van der Waals surface area contributed by atoms with E-state index in [0.717, 1.165) is 12.4 Å². The van der Waals surface area contributed by atoms with Crippen molar-refractivity contribution in [2.45, 2.75) is 24.3 Å². The van der Waals surface area contributed by atoms with Crippen LogP contribution in [-0.2, 0) is 21.2 Å². The van der Waals surface area contributed by atoms with Crippen LogP contribution in [0.3, 0.4) is 0 Å². The van der Waals surface area contributed by atoms with Crippen LogP contribution in [-0.4, -0.2) is 56.6 Å². The van der Waals surface area contributed by atoms with Crippen LogP contribution in [0.4, 0.5) is 0 Å². The highest BCUT2D eigenvalue weighted by Crippen LogP contribution is 2.35. The summed E-state index contributed by atoms with van der Waals surface area (Å²) < 4.78 is 28.9. The molecule has 1 aromatic carbocycles. The fraction of sp³-hybridized carbons (Fsp3) is 0.333. The van der Waals surface area contributed by atoms with E-state index in [1.54, 1.807) is 22.9 Å². The summed E-state index contributed by atoms with van der Waals surface area (Å²) in [7, 11) is -3.86. The largest absolute Gasteiger partial charge is 0.481 e. The molecule has 4 rings (SSSR count). The zero-order valence-electron chi connectivity index (χ0n) is 15.8. The number of aromatic nitrogens is 4. The molecule has 0 aliphatic carbocycles. The van der Waals surface area contributed by atoms with Gasteiger partial charge in [0.25, 0.3) is 0 Å². The Morgan fingerprint density at radius 2 is 2.13 bits per heavy atom. The highest BCUT2D eigenvalue weighted by Gasteiger charge is 2.39. The number of H-pyrrole nitrogens is 1. The Bertz CT molecular complexity index is 1280. The molecule has 0 radical (unpaired) electrons. The minimum atomic E-state index is -3.86. The number of carboxylic acids is 1. The van der Waals surface area contributed by atoms with Crippen LogP contribution >= 0.6 is 11.6 Å². The van der Waals surface area contributed by atoms with Gasteiger partial charge < -0.3 is 10.1 Å². The minimum absolute atomic E-state index is 0.102. The van der Waals surface area contributed by atoms with E-state index in [0.29, 0.717) is 21.6 Å². The number of fused-ring (bicyclic) bond motifs is 1. The third-order valence-electron chi connectivity index (χ3n) is 5.20.